The lowest BCUT2D eigenvalue weighted by Gasteiger charge is -2.11. The Hall–Kier alpha value is -3.78. The Bertz CT molecular complexity index is 1230. The molecule has 0 radical (unpaired) electrons. The highest BCUT2D eigenvalue weighted by atomic mass is 79.9. The van der Waals surface area contributed by atoms with Crippen molar-refractivity contribution in [2.24, 2.45) is 0 Å². The van der Waals surface area contributed by atoms with Crippen LogP contribution in [-0.4, -0.2) is 45.5 Å². The minimum Gasteiger partial charge on any atom is -0.468 e. The lowest BCUT2D eigenvalue weighted by molar-refractivity contribution is -0.394. The summed E-state index contributed by atoms with van der Waals surface area (Å²) in [5, 5.41) is 21.7. The predicted octanol–water partition coefficient (Wildman–Crippen LogP) is 4.27. The van der Waals surface area contributed by atoms with E-state index in [-0.39, 0.29) is 22.0 Å². The number of nitro groups is 2. The molecule has 1 saturated heterocycles. The molecular formula is C19H12BrN3O9S. The molecule has 1 fully saturated rings. The number of imide groups is 1. The number of ether oxygens (including phenoxy) is 2. The molecule has 3 rings (SSSR count). The molecule has 2 aromatic carbocycles. The van der Waals surface area contributed by atoms with Crippen LogP contribution in [0.25, 0.3) is 6.08 Å². The molecule has 170 valence electrons. The number of nitrogens with zero attached hydrogens (tertiary/aromatic N) is 3. The van der Waals surface area contributed by atoms with E-state index in [1.165, 1.54) is 12.1 Å². The molecule has 0 N–H and O–H groups in total. The van der Waals surface area contributed by atoms with Gasteiger partial charge >= 0.3 is 11.7 Å². The van der Waals surface area contributed by atoms with Crippen LogP contribution in [-0.2, 0) is 14.3 Å². The van der Waals surface area contributed by atoms with Crippen LogP contribution in [0.2, 0.25) is 0 Å². The first kappa shape index (κ1) is 23.9. The number of nitro benzene ring substituents is 2. The number of carbonyl (C=O) groups is 3. The number of hydrogen-bond acceptors (Lipinski definition) is 10. The average molecular weight is 538 g/mol. The van der Waals surface area contributed by atoms with Crippen molar-refractivity contribution in [3.05, 3.63) is 71.6 Å². The standard InChI is InChI=1S/C19H12BrN3O9S/c1-31-17(24)9-21-18(25)16(33-19(21)26)7-10-6-11(20)2-4-14(10)32-15-5-3-12(22(27)28)8-13(15)23(29)30/h2-8H,9H2,1H3/b16-7-. The Morgan fingerprint density at radius 3 is 2.45 bits per heavy atom. The van der Waals surface area contributed by atoms with Crippen molar-refractivity contribution >= 4 is 62.3 Å². The fourth-order valence-electron chi connectivity index (χ4n) is 2.66. The molecule has 0 bridgehead atoms. The Kier molecular flexibility index (Phi) is 7.08. The number of benzene rings is 2. The highest BCUT2D eigenvalue weighted by Gasteiger charge is 2.36. The van der Waals surface area contributed by atoms with E-state index in [0.29, 0.717) is 16.2 Å². The van der Waals surface area contributed by atoms with Crippen LogP contribution in [0.3, 0.4) is 0 Å². The van der Waals surface area contributed by atoms with E-state index in [9.17, 15) is 34.6 Å². The minimum absolute atomic E-state index is 0.00921. The van der Waals surface area contributed by atoms with Crippen molar-refractivity contribution in [1.82, 2.24) is 4.90 Å². The SMILES string of the molecule is COC(=O)CN1C(=O)S/C(=C\c2cc(Br)ccc2Oc2ccc([N+](=O)[O-])cc2[N+](=O)[O-])C1=O. The maximum absolute atomic E-state index is 12.6. The maximum atomic E-state index is 12.6. The number of hydrogen-bond donors (Lipinski definition) is 0. The lowest BCUT2D eigenvalue weighted by atomic mass is 10.1. The summed E-state index contributed by atoms with van der Waals surface area (Å²) in [4.78, 5) is 57.6. The third-order valence-corrected chi connectivity index (χ3v) is 5.62. The fraction of sp³-hybridized carbons (Fsp3) is 0.105. The predicted molar refractivity (Wildman–Crippen MR) is 119 cm³/mol. The van der Waals surface area contributed by atoms with Crippen LogP contribution in [0.1, 0.15) is 5.56 Å². The maximum Gasteiger partial charge on any atom is 0.325 e. The van der Waals surface area contributed by atoms with E-state index >= 15 is 0 Å². The van der Waals surface area contributed by atoms with Crippen molar-refractivity contribution in [3.8, 4) is 11.5 Å². The molecule has 0 aromatic heterocycles. The van der Waals surface area contributed by atoms with Gasteiger partial charge in [-0.1, -0.05) is 15.9 Å². The van der Waals surface area contributed by atoms with Crippen molar-refractivity contribution in [2.45, 2.75) is 0 Å². The summed E-state index contributed by atoms with van der Waals surface area (Å²) in [6.45, 7) is -0.546. The molecule has 2 amide bonds. The molecule has 0 aliphatic carbocycles. The van der Waals surface area contributed by atoms with Crippen molar-refractivity contribution in [2.75, 3.05) is 13.7 Å². The largest absolute Gasteiger partial charge is 0.468 e. The molecule has 2 aromatic rings. The van der Waals surface area contributed by atoms with Crippen LogP contribution in [0.15, 0.2) is 45.8 Å². The topological polar surface area (TPSA) is 159 Å². The monoisotopic (exact) mass is 537 g/mol. The molecule has 0 atom stereocenters. The number of carbonyl (C=O) groups excluding carboxylic acids is 3. The number of thioether (sulfide) groups is 1. The lowest BCUT2D eigenvalue weighted by Crippen LogP contribution is -2.34. The van der Waals surface area contributed by atoms with E-state index < -0.39 is 44.9 Å². The van der Waals surface area contributed by atoms with Crippen molar-refractivity contribution in [3.63, 3.8) is 0 Å². The molecule has 1 heterocycles. The van der Waals surface area contributed by atoms with Crippen molar-refractivity contribution in [1.29, 1.82) is 0 Å². The number of amides is 2. The van der Waals surface area contributed by atoms with Gasteiger partial charge in [-0.3, -0.25) is 39.5 Å². The molecule has 12 nitrogen and oxygen atoms in total. The van der Waals surface area contributed by atoms with Gasteiger partial charge in [0.2, 0.25) is 5.75 Å². The van der Waals surface area contributed by atoms with Gasteiger partial charge in [0.25, 0.3) is 16.8 Å². The van der Waals surface area contributed by atoms with Crippen LogP contribution in [0.4, 0.5) is 16.2 Å². The first-order valence-corrected chi connectivity index (χ1v) is 10.4. The van der Waals surface area contributed by atoms with Gasteiger partial charge in [0, 0.05) is 16.1 Å². The van der Waals surface area contributed by atoms with E-state index in [4.69, 9.17) is 4.74 Å². The van der Waals surface area contributed by atoms with E-state index in [1.54, 1.807) is 12.1 Å². The second-order valence-corrected chi connectivity index (χ2v) is 8.20. The highest BCUT2D eigenvalue weighted by Crippen LogP contribution is 2.39. The summed E-state index contributed by atoms with van der Waals surface area (Å²) in [5.74, 6) is -1.67. The smallest absolute Gasteiger partial charge is 0.325 e. The summed E-state index contributed by atoms with van der Waals surface area (Å²) in [6.07, 6.45) is 1.33. The average Bonchev–Trinajstić information content (AvgIpc) is 3.02. The number of rotatable bonds is 7. The quantitative estimate of drug-likeness (QED) is 0.216. The van der Waals surface area contributed by atoms with Crippen LogP contribution >= 0.6 is 27.7 Å². The fourth-order valence-corrected chi connectivity index (χ4v) is 3.87. The van der Waals surface area contributed by atoms with Gasteiger partial charge in [-0.15, -0.1) is 0 Å². The second-order valence-electron chi connectivity index (χ2n) is 6.29. The van der Waals surface area contributed by atoms with Crippen LogP contribution < -0.4 is 4.74 Å². The molecule has 0 spiro atoms. The van der Waals surface area contributed by atoms with Crippen LogP contribution in [0, 0.1) is 20.2 Å². The highest BCUT2D eigenvalue weighted by molar-refractivity contribution is 9.10. The Morgan fingerprint density at radius 2 is 1.82 bits per heavy atom. The molecule has 1 aliphatic rings. The first-order valence-electron chi connectivity index (χ1n) is 8.83. The van der Waals surface area contributed by atoms with E-state index in [2.05, 4.69) is 20.7 Å². The first-order chi connectivity index (χ1) is 15.6. The summed E-state index contributed by atoms with van der Waals surface area (Å²) < 4.78 is 10.7. The van der Waals surface area contributed by atoms with Crippen molar-refractivity contribution < 1.29 is 33.7 Å². The molecule has 1 aliphatic heterocycles. The molecular weight excluding hydrogens is 526 g/mol. The summed E-state index contributed by atoms with van der Waals surface area (Å²) in [6, 6.07) is 7.49. The second kappa shape index (κ2) is 9.79. The van der Waals surface area contributed by atoms with Gasteiger partial charge in [0.15, 0.2) is 0 Å². The Labute approximate surface area is 197 Å². The van der Waals surface area contributed by atoms with Gasteiger partial charge in [0.1, 0.15) is 12.3 Å². The Balaban J connectivity index is 1.98. The Morgan fingerprint density at radius 1 is 1.12 bits per heavy atom. The zero-order chi connectivity index (χ0) is 24.3. The molecule has 0 saturated carbocycles. The summed E-state index contributed by atoms with van der Waals surface area (Å²) in [7, 11) is 1.12. The van der Waals surface area contributed by atoms with Gasteiger partial charge < -0.3 is 9.47 Å². The normalized spacial score (nSPS) is 14.5. The number of esters is 1. The van der Waals surface area contributed by atoms with Gasteiger partial charge in [0.05, 0.1) is 27.9 Å². The van der Waals surface area contributed by atoms with Crippen LogP contribution in [0.5, 0.6) is 11.5 Å². The zero-order valence-corrected chi connectivity index (χ0v) is 19.0. The number of non-ortho nitro benzene ring substituents is 1. The molecule has 33 heavy (non-hydrogen) atoms. The third-order valence-electron chi connectivity index (χ3n) is 4.22. The molecule has 0 unspecified atom stereocenters. The van der Waals surface area contributed by atoms with Gasteiger partial charge in [-0.25, -0.2) is 0 Å². The third kappa shape index (κ3) is 5.35. The zero-order valence-electron chi connectivity index (χ0n) is 16.6. The summed E-state index contributed by atoms with van der Waals surface area (Å²) in [5.41, 5.74) is -0.832. The van der Waals surface area contributed by atoms with E-state index in [0.717, 1.165) is 30.2 Å². The number of halogens is 1. The van der Waals surface area contributed by atoms with Gasteiger partial charge in [-0.2, -0.15) is 0 Å². The minimum atomic E-state index is -0.820. The van der Waals surface area contributed by atoms with E-state index in [1.807, 2.05) is 0 Å². The molecule has 14 heteroatoms. The van der Waals surface area contributed by atoms with Gasteiger partial charge in [-0.05, 0) is 42.1 Å². The number of methoxy groups -OCH3 is 1. The summed E-state index contributed by atoms with van der Waals surface area (Å²) >= 11 is 3.88.